The first-order valence-corrected chi connectivity index (χ1v) is 9.55. The lowest BCUT2D eigenvalue weighted by atomic mass is 9.98. The molecular formula is C23H27N3O2. The number of benzene rings is 2. The maximum absolute atomic E-state index is 12.8. The normalized spacial score (nSPS) is 12.0. The Morgan fingerprint density at radius 1 is 1.14 bits per heavy atom. The third kappa shape index (κ3) is 4.49. The fraction of sp³-hybridized carbons (Fsp3) is 0.304. The van der Waals surface area contributed by atoms with Crippen LogP contribution in [-0.4, -0.2) is 35.2 Å². The summed E-state index contributed by atoms with van der Waals surface area (Å²) in [7, 11) is 1.63. The van der Waals surface area contributed by atoms with Crippen LogP contribution in [0.1, 0.15) is 29.8 Å². The van der Waals surface area contributed by atoms with E-state index in [2.05, 4.69) is 59.0 Å². The number of nitrogens with one attached hydrogen (secondary N) is 1. The minimum Gasteiger partial charge on any atom is -0.383 e. The fourth-order valence-electron chi connectivity index (χ4n) is 3.22. The van der Waals surface area contributed by atoms with Crippen molar-refractivity contribution < 1.29 is 9.53 Å². The Kier molecular flexibility index (Phi) is 6.26. The van der Waals surface area contributed by atoms with E-state index in [0.29, 0.717) is 12.2 Å². The van der Waals surface area contributed by atoms with E-state index >= 15 is 0 Å². The van der Waals surface area contributed by atoms with Crippen molar-refractivity contribution in [3.8, 4) is 22.5 Å². The van der Waals surface area contributed by atoms with Gasteiger partial charge in [0.1, 0.15) is 5.82 Å². The zero-order chi connectivity index (χ0) is 20.1. The van der Waals surface area contributed by atoms with Gasteiger partial charge in [-0.25, -0.2) is 4.98 Å². The van der Waals surface area contributed by atoms with Crippen LogP contribution in [0.2, 0.25) is 0 Å². The lowest BCUT2D eigenvalue weighted by Crippen LogP contribution is -2.35. The molecule has 2 aromatic carbocycles. The van der Waals surface area contributed by atoms with Crippen molar-refractivity contribution in [2.75, 3.05) is 13.7 Å². The summed E-state index contributed by atoms with van der Waals surface area (Å²) >= 11 is 0. The van der Waals surface area contributed by atoms with E-state index in [0.717, 1.165) is 29.1 Å². The number of nitrogens with zero attached hydrogens (tertiary/aromatic N) is 2. The maximum atomic E-state index is 12.8. The van der Waals surface area contributed by atoms with E-state index in [-0.39, 0.29) is 11.9 Å². The first kappa shape index (κ1) is 19.8. The van der Waals surface area contributed by atoms with E-state index < -0.39 is 0 Å². The van der Waals surface area contributed by atoms with Crippen molar-refractivity contribution in [2.24, 2.45) is 0 Å². The quantitative estimate of drug-likeness (QED) is 0.667. The molecule has 0 fully saturated rings. The summed E-state index contributed by atoms with van der Waals surface area (Å²) in [6.45, 7) is 7.35. The zero-order valence-corrected chi connectivity index (χ0v) is 16.9. The van der Waals surface area contributed by atoms with E-state index in [1.807, 2.05) is 25.3 Å². The number of hydrogen-bond donors (Lipinski definition) is 1. The van der Waals surface area contributed by atoms with Crippen molar-refractivity contribution in [1.29, 1.82) is 0 Å². The van der Waals surface area contributed by atoms with Gasteiger partial charge in [-0.15, -0.1) is 0 Å². The molecule has 0 spiro atoms. The second kappa shape index (κ2) is 8.85. The van der Waals surface area contributed by atoms with Crippen LogP contribution in [-0.2, 0) is 11.3 Å². The summed E-state index contributed by atoms with van der Waals surface area (Å²) < 4.78 is 7.20. The van der Waals surface area contributed by atoms with Gasteiger partial charge in [-0.2, -0.15) is 0 Å². The molecule has 0 aliphatic heterocycles. The molecule has 1 atom stereocenters. The Bertz CT molecular complexity index is 945. The number of aryl methyl sites for hydroxylation is 2. The van der Waals surface area contributed by atoms with E-state index in [1.165, 1.54) is 5.56 Å². The highest BCUT2D eigenvalue weighted by molar-refractivity contribution is 5.97. The summed E-state index contributed by atoms with van der Waals surface area (Å²) in [6, 6.07) is 14.2. The van der Waals surface area contributed by atoms with Gasteiger partial charge in [0.2, 0.25) is 0 Å². The van der Waals surface area contributed by atoms with Gasteiger partial charge in [0, 0.05) is 43.2 Å². The number of hydrogen-bond acceptors (Lipinski definition) is 3. The predicted molar refractivity (Wildman–Crippen MR) is 112 cm³/mol. The smallest absolute Gasteiger partial charge is 0.251 e. The Morgan fingerprint density at radius 2 is 1.86 bits per heavy atom. The van der Waals surface area contributed by atoms with Crippen LogP contribution in [0.5, 0.6) is 0 Å². The molecule has 0 bridgehead atoms. The molecule has 0 aliphatic rings. The Balaban J connectivity index is 2.06. The van der Waals surface area contributed by atoms with E-state index in [4.69, 9.17) is 4.74 Å². The van der Waals surface area contributed by atoms with Crippen LogP contribution in [0, 0.1) is 6.92 Å². The third-order valence-corrected chi connectivity index (χ3v) is 4.69. The first-order chi connectivity index (χ1) is 13.5. The molecule has 3 aromatic rings. The first-order valence-electron chi connectivity index (χ1n) is 9.55. The molecule has 3 rings (SSSR count). The predicted octanol–water partition coefficient (Wildman–Crippen LogP) is 4.31. The number of aromatic nitrogens is 2. The standard InChI is InChI=1S/C23H27N3O2/c1-5-26-11-10-24-22(26)20-12-19(18-8-6-16(2)7-9-18)13-21(14-20)23(27)25-17(3)15-28-4/h6-14,17H,5,15H2,1-4H3,(H,25,27)/t17-/m1/s1. The van der Waals surface area contributed by atoms with Crippen LogP contribution in [0.3, 0.4) is 0 Å². The van der Waals surface area contributed by atoms with Crippen LogP contribution in [0.4, 0.5) is 0 Å². The number of carbonyl (C=O) groups is 1. The lowest BCUT2D eigenvalue weighted by Gasteiger charge is -2.15. The molecule has 0 unspecified atom stereocenters. The molecule has 1 amide bonds. The molecule has 0 saturated heterocycles. The number of methoxy groups -OCH3 is 1. The minimum atomic E-state index is -0.116. The van der Waals surface area contributed by atoms with Gasteiger partial charge < -0.3 is 14.6 Å². The Labute approximate surface area is 166 Å². The van der Waals surface area contributed by atoms with Gasteiger partial charge in [-0.05, 0) is 50.1 Å². The van der Waals surface area contributed by atoms with Gasteiger partial charge in [0.25, 0.3) is 5.91 Å². The largest absolute Gasteiger partial charge is 0.383 e. The monoisotopic (exact) mass is 377 g/mol. The van der Waals surface area contributed by atoms with Gasteiger partial charge in [0.15, 0.2) is 0 Å². The number of carbonyl (C=O) groups excluding carboxylic acids is 1. The second-order valence-electron chi connectivity index (χ2n) is 7.03. The molecule has 146 valence electrons. The van der Waals surface area contributed by atoms with Gasteiger partial charge in [0.05, 0.1) is 6.61 Å². The van der Waals surface area contributed by atoms with E-state index in [9.17, 15) is 4.79 Å². The van der Waals surface area contributed by atoms with Gasteiger partial charge in [-0.1, -0.05) is 29.8 Å². The lowest BCUT2D eigenvalue weighted by molar-refractivity contribution is 0.0905. The Morgan fingerprint density at radius 3 is 2.54 bits per heavy atom. The molecule has 0 aliphatic carbocycles. The Hall–Kier alpha value is -2.92. The SMILES string of the molecule is CCn1ccnc1-c1cc(C(=O)N[C@H](C)COC)cc(-c2ccc(C)cc2)c1. The molecule has 1 N–H and O–H groups in total. The highest BCUT2D eigenvalue weighted by Gasteiger charge is 2.15. The fourth-order valence-corrected chi connectivity index (χ4v) is 3.22. The number of imidazole rings is 1. The number of amides is 1. The third-order valence-electron chi connectivity index (χ3n) is 4.69. The maximum Gasteiger partial charge on any atom is 0.251 e. The van der Waals surface area contributed by atoms with Crippen LogP contribution in [0.25, 0.3) is 22.5 Å². The summed E-state index contributed by atoms with van der Waals surface area (Å²) in [5.74, 6) is 0.741. The molecule has 1 aromatic heterocycles. The number of rotatable bonds is 7. The molecule has 5 heteroatoms. The van der Waals surface area contributed by atoms with Gasteiger partial charge >= 0.3 is 0 Å². The number of ether oxygens (including phenoxy) is 1. The molecule has 5 nitrogen and oxygen atoms in total. The summed E-state index contributed by atoms with van der Waals surface area (Å²) in [5, 5.41) is 2.99. The highest BCUT2D eigenvalue weighted by atomic mass is 16.5. The second-order valence-corrected chi connectivity index (χ2v) is 7.03. The van der Waals surface area contributed by atoms with Crippen LogP contribution < -0.4 is 5.32 Å². The van der Waals surface area contributed by atoms with Crippen molar-refractivity contribution in [3.05, 3.63) is 66.0 Å². The molecule has 0 radical (unpaired) electrons. The molecular weight excluding hydrogens is 350 g/mol. The topological polar surface area (TPSA) is 56.2 Å². The van der Waals surface area contributed by atoms with Crippen molar-refractivity contribution in [2.45, 2.75) is 33.4 Å². The van der Waals surface area contributed by atoms with Crippen molar-refractivity contribution in [3.63, 3.8) is 0 Å². The van der Waals surface area contributed by atoms with Crippen LogP contribution >= 0.6 is 0 Å². The van der Waals surface area contributed by atoms with Crippen molar-refractivity contribution >= 4 is 5.91 Å². The summed E-state index contributed by atoms with van der Waals surface area (Å²) in [4.78, 5) is 17.4. The summed E-state index contributed by atoms with van der Waals surface area (Å²) in [5.41, 5.74) is 4.80. The molecule has 28 heavy (non-hydrogen) atoms. The molecule has 1 heterocycles. The average Bonchev–Trinajstić information content (AvgIpc) is 3.17. The van der Waals surface area contributed by atoms with Crippen LogP contribution in [0.15, 0.2) is 54.9 Å². The van der Waals surface area contributed by atoms with Crippen molar-refractivity contribution in [1.82, 2.24) is 14.9 Å². The van der Waals surface area contributed by atoms with E-state index in [1.54, 1.807) is 13.3 Å². The summed E-state index contributed by atoms with van der Waals surface area (Å²) in [6.07, 6.45) is 3.74. The highest BCUT2D eigenvalue weighted by Crippen LogP contribution is 2.28. The molecule has 0 saturated carbocycles. The van der Waals surface area contributed by atoms with Gasteiger partial charge in [-0.3, -0.25) is 4.79 Å². The zero-order valence-electron chi connectivity index (χ0n) is 16.9. The average molecular weight is 377 g/mol. The minimum absolute atomic E-state index is 0.0680.